The van der Waals surface area contributed by atoms with Gasteiger partial charge in [-0.1, -0.05) is 0 Å². The van der Waals surface area contributed by atoms with Crippen LogP contribution in [-0.2, 0) is 4.79 Å². The highest BCUT2D eigenvalue weighted by Crippen LogP contribution is 2.32. The van der Waals surface area contributed by atoms with E-state index in [2.05, 4.69) is 15.9 Å². The Kier molecular flexibility index (Phi) is 3.47. The third-order valence-electron chi connectivity index (χ3n) is 3.00. The Hall–Kier alpha value is -1.36. The van der Waals surface area contributed by atoms with E-state index < -0.39 is 0 Å². The summed E-state index contributed by atoms with van der Waals surface area (Å²) < 4.78 is 0.815. The zero-order chi connectivity index (χ0) is 12.4. The minimum absolute atomic E-state index is 0.242. The van der Waals surface area contributed by atoms with Gasteiger partial charge in [-0.05, 0) is 47.0 Å². The van der Waals surface area contributed by atoms with Crippen LogP contribution < -0.4 is 10.6 Å². The van der Waals surface area contributed by atoms with Gasteiger partial charge >= 0.3 is 0 Å². The smallest absolute Gasteiger partial charge is 0.240 e. The Morgan fingerprint density at radius 3 is 2.88 bits per heavy atom. The maximum absolute atomic E-state index is 11.3. The molecule has 1 atom stereocenters. The molecule has 0 radical (unpaired) electrons. The van der Waals surface area contributed by atoms with Gasteiger partial charge in [0, 0.05) is 16.6 Å². The van der Waals surface area contributed by atoms with E-state index in [0.29, 0.717) is 5.56 Å². The number of halogens is 1. The fourth-order valence-corrected chi connectivity index (χ4v) is 2.80. The maximum atomic E-state index is 11.3. The average molecular weight is 297 g/mol. The van der Waals surface area contributed by atoms with Gasteiger partial charge in [0.05, 0.1) is 5.69 Å². The van der Waals surface area contributed by atoms with Crippen molar-refractivity contribution in [3.05, 3.63) is 28.2 Å². The van der Waals surface area contributed by atoms with Gasteiger partial charge in [-0.2, -0.15) is 0 Å². The molecule has 1 aromatic rings. The van der Waals surface area contributed by atoms with Crippen LogP contribution in [0.2, 0.25) is 0 Å². The number of hydrogen-bond donors (Lipinski definition) is 1. The van der Waals surface area contributed by atoms with Crippen LogP contribution in [0.5, 0.6) is 0 Å². The van der Waals surface area contributed by atoms with E-state index in [-0.39, 0.29) is 11.9 Å². The van der Waals surface area contributed by atoms with E-state index in [4.69, 9.17) is 5.73 Å². The minimum atomic E-state index is -0.297. The molecule has 1 heterocycles. The van der Waals surface area contributed by atoms with Crippen LogP contribution in [0.15, 0.2) is 22.7 Å². The molecule has 0 saturated carbocycles. The largest absolute Gasteiger partial charge is 0.368 e. The third-order valence-corrected chi connectivity index (χ3v) is 3.63. The fourth-order valence-electron chi connectivity index (χ4n) is 2.18. The molecule has 1 aliphatic rings. The Bertz CT molecular complexity index is 462. The van der Waals surface area contributed by atoms with Crippen LogP contribution in [0.3, 0.4) is 0 Å². The number of hydrogen-bond acceptors (Lipinski definition) is 3. The summed E-state index contributed by atoms with van der Waals surface area (Å²) in [5.41, 5.74) is 6.90. The minimum Gasteiger partial charge on any atom is -0.368 e. The molecule has 17 heavy (non-hydrogen) atoms. The first-order valence-corrected chi connectivity index (χ1v) is 6.23. The number of nitrogens with two attached hydrogens (primary N) is 1. The van der Waals surface area contributed by atoms with Gasteiger partial charge in [-0.25, -0.2) is 0 Å². The molecule has 2 rings (SSSR count). The zero-order valence-corrected chi connectivity index (χ0v) is 10.8. The highest BCUT2D eigenvalue weighted by Gasteiger charge is 2.30. The summed E-state index contributed by atoms with van der Waals surface area (Å²) in [6.45, 7) is 0.812. The maximum Gasteiger partial charge on any atom is 0.240 e. The molecule has 2 N–H and O–H groups in total. The molecule has 0 bridgehead atoms. The monoisotopic (exact) mass is 296 g/mol. The lowest BCUT2D eigenvalue weighted by atomic mass is 10.1. The number of rotatable bonds is 3. The predicted molar refractivity (Wildman–Crippen MR) is 69.1 cm³/mol. The molecule has 4 nitrogen and oxygen atoms in total. The summed E-state index contributed by atoms with van der Waals surface area (Å²) in [6, 6.07) is 5.09. The molecule has 1 amide bonds. The summed E-state index contributed by atoms with van der Waals surface area (Å²) in [5.74, 6) is -0.297. The van der Waals surface area contributed by atoms with E-state index in [1.807, 2.05) is 11.0 Å². The van der Waals surface area contributed by atoms with Crippen molar-refractivity contribution in [2.45, 2.75) is 18.9 Å². The number of carbonyl (C=O) groups excluding carboxylic acids is 2. The molecule has 90 valence electrons. The van der Waals surface area contributed by atoms with Crippen LogP contribution >= 0.6 is 15.9 Å². The molecule has 0 aromatic heterocycles. The average Bonchev–Trinajstić information content (AvgIpc) is 2.77. The van der Waals surface area contributed by atoms with Crippen molar-refractivity contribution in [2.24, 2.45) is 5.73 Å². The molecular weight excluding hydrogens is 284 g/mol. The van der Waals surface area contributed by atoms with E-state index in [1.54, 1.807) is 12.1 Å². The Labute approximate surface area is 108 Å². The fraction of sp³-hybridized carbons (Fsp3) is 0.333. The van der Waals surface area contributed by atoms with Crippen molar-refractivity contribution >= 4 is 33.8 Å². The van der Waals surface area contributed by atoms with Gasteiger partial charge in [-0.3, -0.25) is 9.59 Å². The van der Waals surface area contributed by atoms with E-state index >= 15 is 0 Å². The first kappa shape index (κ1) is 12.1. The van der Waals surface area contributed by atoms with Crippen molar-refractivity contribution in [3.8, 4) is 0 Å². The van der Waals surface area contributed by atoms with Crippen molar-refractivity contribution < 1.29 is 9.59 Å². The topological polar surface area (TPSA) is 63.4 Å². The quantitative estimate of drug-likeness (QED) is 0.864. The number of carbonyl (C=O) groups is 2. The molecule has 1 fully saturated rings. The van der Waals surface area contributed by atoms with Crippen LogP contribution in [0.25, 0.3) is 0 Å². The van der Waals surface area contributed by atoms with Gasteiger partial charge < -0.3 is 10.6 Å². The first-order chi connectivity index (χ1) is 8.13. The molecule has 5 heteroatoms. The number of anilines is 1. The number of benzene rings is 1. The molecular formula is C12H13BrN2O2. The molecule has 1 aromatic carbocycles. The second-order valence-electron chi connectivity index (χ2n) is 4.08. The highest BCUT2D eigenvalue weighted by atomic mass is 79.9. The summed E-state index contributed by atoms with van der Waals surface area (Å²) >= 11 is 3.42. The lowest BCUT2D eigenvalue weighted by Gasteiger charge is -2.25. The van der Waals surface area contributed by atoms with Crippen molar-refractivity contribution in [1.29, 1.82) is 0 Å². The summed E-state index contributed by atoms with van der Waals surface area (Å²) in [7, 11) is 0. The number of nitrogens with zero attached hydrogens (tertiary/aromatic N) is 1. The summed E-state index contributed by atoms with van der Waals surface area (Å²) in [4.78, 5) is 24.0. The predicted octanol–water partition coefficient (Wildman–Crippen LogP) is 1.72. The van der Waals surface area contributed by atoms with E-state index in [0.717, 1.165) is 35.8 Å². The van der Waals surface area contributed by atoms with Crippen molar-refractivity contribution in [1.82, 2.24) is 0 Å². The van der Waals surface area contributed by atoms with Crippen LogP contribution in [-0.4, -0.2) is 24.8 Å². The molecule has 1 unspecified atom stereocenters. The normalized spacial score (nSPS) is 19.4. The van der Waals surface area contributed by atoms with Gasteiger partial charge in [0.25, 0.3) is 0 Å². The summed E-state index contributed by atoms with van der Waals surface area (Å²) in [5, 5.41) is 0. The SMILES string of the molecule is NC(=O)C1CCCN1c1ccc(C=O)cc1Br. The second kappa shape index (κ2) is 4.87. The Morgan fingerprint density at radius 1 is 1.53 bits per heavy atom. The zero-order valence-electron chi connectivity index (χ0n) is 9.23. The third kappa shape index (κ3) is 2.34. The second-order valence-corrected chi connectivity index (χ2v) is 4.94. The lowest BCUT2D eigenvalue weighted by Crippen LogP contribution is -2.40. The number of aldehydes is 1. The van der Waals surface area contributed by atoms with E-state index in [1.165, 1.54) is 0 Å². The number of primary amides is 1. The standard InChI is InChI=1S/C12H13BrN2O2/c13-9-6-8(7-16)3-4-10(9)15-5-1-2-11(15)12(14)17/h3-4,6-7,11H,1-2,5H2,(H2,14,17). The van der Waals surface area contributed by atoms with Gasteiger partial charge in [0.1, 0.15) is 12.3 Å². The Balaban J connectivity index is 2.33. The lowest BCUT2D eigenvalue weighted by molar-refractivity contribution is -0.119. The van der Waals surface area contributed by atoms with Gasteiger partial charge in [0.2, 0.25) is 5.91 Å². The van der Waals surface area contributed by atoms with Gasteiger partial charge in [0.15, 0.2) is 0 Å². The van der Waals surface area contributed by atoms with Crippen molar-refractivity contribution in [2.75, 3.05) is 11.4 Å². The molecule has 0 spiro atoms. The Morgan fingerprint density at radius 2 is 2.29 bits per heavy atom. The molecule has 1 saturated heterocycles. The van der Waals surface area contributed by atoms with Crippen LogP contribution in [0.1, 0.15) is 23.2 Å². The van der Waals surface area contributed by atoms with E-state index in [9.17, 15) is 9.59 Å². The molecule has 1 aliphatic heterocycles. The first-order valence-electron chi connectivity index (χ1n) is 5.44. The van der Waals surface area contributed by atoms with Gasteiger partial charge in [-0.15, -0.1) is 0 Å². The van der Waals surface area contributed by atoms with Crippen LogP contribution in [0, 0.1) is 0 Å². The van der Waals surface area contributed by atoms with Crippen molar-refractivity contribution in [3.63, 3.8) is 0 Å². The summed E-state index contributed by atoms with van der Waals surface area (Å²) in [6.07, 6.45) is 2.54. The molecule has 0 aliphatic carbocycles. The van der Waals surface area contributed by atoms with Crippen LogP contribution in [0.4, 0.5) is 5.69 Å². The highest BCUT2D eigenvalue weighted by molar-refractivity contribution is 9.10. The number of amides is 1.